The molecule has 19 heavy (non-hydrogen) atoms. The molecule has 0 atom stereocenters. The number of rotatable bonds is 3. The van der Waals surface area contributed by atoms with Gasteiger partial charge in [-0.2, -0.15) is 0 Å². The number of hydrogen-bond acceptors (Lipinski definition) is 2. The molecule has 2 rings (SSSR count). The third-order valence-corrected chi connectivity index (χ3v) is 2.86. The van der Waals surface area contributed by atoms with Gasteiger partial charge in [-0.25, -0.2) is 9.78 Å². The van der Waals surface area contributed by atoms with Crippen LogP contribution in [0.1, 0.15) is 18.1 Å². The molecule has 2 amide bonds. The topological polar surface area (TPSA) is 54.0 Å². The Morgan fingerprint density at radius 1 is 1.16 bits per heavy atom. The first-order valence-electron chi connectivity index (χ1n) is 6.27. The SMILES string of the molecule is CCc1ccc(NC(=O)Nc2ncccc2C)cc1. The van der Waals surface area contributed by atoms with Crippen molar-refractivity contribution in [3.8, 4) is 0 Å². The van der Waals surface area contributed by atoms with Gasteiger partial charge in [-0.3, -0.25) is 5.32 Å². The minimum Gasteiger partial charge on any atom is -0.308 e. The molecule has 2 aromatic rings. The third kappa shape index (κ3) is 3.55. The van der Waals surface area contributed by atoms with Gasteiger partial charge in [-0.05, 0) is 42.7 Å². The third-order valence-electron chi connectivity index (χ3n) is 2.86. The van der Waals surface area contributed by atoms with E-state index in [-0.39, 0.29) is 6.03 Å². The number of anilines is 2. The zero-order valence-corrected chi connectivity index (χ0v) is 11.1. The van der Waals surface area contributed by atoms with Crippen LogP contribution in [0.15, 0.2) is 42.6 Å². The van der Waals surface area contributed by atoms with E-state index in [9.17, 15) is 4.79 Å². The lowest BCUT2D eigenvalue weighted by molar-refractivity contribution is 0.262. The average Bonchev–Trinajstić information content (AvgIpc) is 2.42. The first-order valence-corrected chi connectivity index (χ1v) is 6.27. The standard InChI is InChI=1S/C15H17N3O/c1-3-12-6-8-13(9-7-12)17-15(19)18-14-11(2)5-4-10-16-14/h4-10H,3H2,1-2H3,(H2,16,17,18,19). The number of pyridine rings is 1. The lowest BCUT2D eigenvalue weighted by Gasteiger charge is -2.09. The molecule has 4 nitrogen and oxygen atoms in total. The van der Waals surface area contributed by atoms with E-state index >= 15 is 0 Å². The molecule has 0 aliphatic rings. The second kappa shape index (κ2) is 6.00. The Morgan fingerprint density at radius 2 is 1.89 bits per heavy atom. The molecule has 1 heterocycles. The summed E-state index contributed by atoms with van der Waals surface area (Å²) in [7, 11) is 0. The molecule has 0 saturated carbocycles. The molecule has 2 N–H and O–H groups in total. The van der Waals surface area contributed by atoms with Crippen LogP contribution >= 0.6 is 0 Å². The van der Waals surface area contributed by atoms with E-state index in [4.69, 9.17) is 0 Å². The number of nitrogens with zero attached hydrogens (tertiary/aromatic N) is 1. The van der Waals surface area contributed by atoms with Crippen molar-refractivity contribution in [2.45, 2.75) is 20.3 Å². The van der Waals surface area contributed by atoms with Crippen LogP contribution in [0.5, 0.6) is 0 Å². The van der Waals surface area contributed by atoms with Crippen molar-refractivity contribution >= 4 is 17.5 Å². The van der Waals surface area contributed by atoms with Crippen molar-refractivity contribution in [2.75, 3.05) is 10.6 Å². The highest BCUT2D eigenvalue weighted by Gasteiger charge is 2.05. The molecule has 0 radical (unpaired) electrons. The Kier molecular flexibility index (Phi) is 4.13. The molecule has 0 fully saturated rings. The van der Waals surface area contributed by atoms with Gasteiger partial charge in [0.1, 0.15) is 5.82 Å². The van der Waals surface area contributed by atoms with Gasteiger partial charge in [0.25, 0.3) is 0 Å². The van der Waals surface area contributed by atoms with Gasteiger partial charge in [0.15, 0.2) is 0 Å². The smallest absolute Gasteiger partial charge is 0.308 e. The molecule has 0 aliphatic carbocycles. The number of aromatic nitrogens is 1. The van der Waals surface area contributed by atoms with Crippen molar-refractivity contribution in [2.24, 2.45) is 0 Å². The van der Waals surface area contributed by atoms with Crippen molar-refractivity contribution in [1.82, 2.24) is 4.98 Å². The first-order chi connectivity index (χ1) is 9.19. The summed E-state index contributed by atoms with van der Waals surface area (Å²) in [6, 6.07) is 11.2. The number of urea groups is 1. The van der Waals surface area contributed by atoms with Gasteiger partial charge in [0.05, 0.1) is 0 Å². The highest BCUT2D eigenvalue weighted by molar-refractivity contribution is 5.99. The Labute approximate surface area is 112 Å². The van der Waals surface area contributed by atoms with E-state index in [1.165, 1.54) is 5.56 Å². The molecule has 0 aliphatic heterocycles. The van der Waals surface area contributed by atoms with E-state index in [0.717, 1.165) is 17.7 Å². The van der Waals surface area contributed by atoms with Gasteiger partial charge >= 0.3 is 6.03 Å². The predicted molar refractivity (Wildman–Crippen MR) is 77.4 cm³/mol. The maximum Gasteiger partial charge on any atom is 0.324 e. The summed E-state index contributed by atoms with van der Waals surface area (Å²) in [6.45, 7) is 4.00. The van der Waals surface area contributed by atoms with Gasteiger partial charge in [0.2, 0.25) is 0 Å². The normalized spacial score (nSPS) is 10.0. The monoisotopic (exact) mass is 255 g/mol. The maximum absolute atomic E-state index is 11.8. The number of aryl methyl sites for hydroxylation is 2. The summed E-state index contributed by atoms with van der Waals surface area (Å²) in [5.41, 5.74) is 2.94. The largest absolute Gasteiger partial charge is 0.324 e. The van der Waals surface area contributed by atoms with E-state index in [1.54, 1.807) is 6.20 Å². The van der Waals surface area contributed by atoms with Crippen molar-refractivity contribution < 1.29 is 4.79 Å². The Bertz CT molecular complexity index is 564. The van der Waals surface area contributed by atoms with E-state index in [2.05, 4.69) is 22.5 Å². The molecular formula is C15H17N3O. The summed E-state index contributed by atoms with van der Waals surface area (Å²) in [4.78, 5) is 15.9. The number of hydrogen-bond donors (Lipinski definition) is 2. The lowest BCUT2D eigenvalue weighted by Crippen LogP contribution is -2.20. The highest BCUT2D eigenvalue weighted by Crippen LogP contribution is 2.12. The Balaban J connectivity index is 1.99. The van der Waals surface area contributed by atoms with Crippen LogP contribution in [0.2, 0.25) is 0 Å². The highest BCUT2D eigenvalue weighted by atomic mass is 16.2. The minimum absolute atomic E-state index is 0.286. The number of carbonyl (C=O) groups excluding carboxylic acids is 1. The van der Waals surface area contributed by atoms with Crippen molar-refractivity contribution in [3.05, 3.63) is 53.7 Å². The fraction of sp³-hybridized carbons (Fsp3) is 0.200. The van der Waals surface area contributed by atoms with Gasteiger partial charge in [-0.1, -0.05) is 25.1 Å². The van der Waals surface area contributed by atoms with Crippen LogP contribution in [0.4, 0.5) is 16.3 Å². The minimum atomic E-state index is -0.286. The second-order valence-electron chi connectivity index (χ2n) is 4.30. The summed E-state index contributed by atoms with van der Waals surface area (Å²) >= 11 is 0. The Hall–Kier alpha value is -2.36. The maximum atomic E-state index is 11.8. The summed E-state index contributed by atoms with van der Waals surface area (Å²) in [5.74, 6) is 0.574. The molecule has 0 spiro atoms. The van der Waals surface area contributed by atoms with Crippen LogP contribution in [0.3, 0.4) is 0 Å². The second-order valence-corrected chi connectivity index (χ2v) is 4.30. The van der Waals surface area contributed by atoms with Crippen molar-refractivity contribution in [1.29, 1.82) is 0 Å². The van der Waals surface area contributed by atoms with Crippen LogP contribution in [-0.4, -0.2) is 11.0 Å². The van der Waals surface area contributed by atoms with E-state index in [1.807, 2.05) is 43.3 Å². The molecule has 4 heteroatoms. The summed E-state index contributed by atoms with van der Waals surface area (Å²) < 4.78 is 0. The quantitative estimate of drug-likeness (QED) is 0.880. The Morgan fingerprint density at radius 3 is 2.53 bits per heavy atom. The molecule has 0 saturated heterocycles. The predicted octanol–water partition coefficient (Wildman–Crippen LogP) is 3.60. The number of amides is 2. The molecular weight excluding hydrogens is 238 g/mol. The molecule has 98 valence electrons. The number of carbonyl (C=O) groups is 1. The zero-order chi connectivity index (χ0) is 13.7. The molecule has 0 bridgehead atoms. The lowest BCUT2D eigenvalue weighted by atomic mass is 10.1. The zero-order valence-electron chi connectivity index (χ0n) is 11.1. The van der Waals surface area contributed by atoms with Crippen LogP contribution in [0.25, 0.3) is 0 Å². The fourth-order valence-corrected chi connectivity index (χ4v) is 1.71. The molecule has 0 unspecified atom stereocenters. The van der Waals surface area contributed by atoms with Gasteiger partial charge in [-0.15, -0.1) is 0 Å². The van der Waals surface area contributed by atoms with Gasteiger partial charge in [0, 0.05) is 11.9 Å². The molecule has 1 aromatic heterocycles. The first kappa shape index (κ1) is 13.1. The van der Waals surface area contributed by atoms with E-state index < -0.39 is 0 Å². The van der Waals surface area contributed by atoms with Crippen LogP contribution in [0, 0.1) is 6.92 Å². The molecule has 1 aromatic carbocycles. The number of nitrogens with one attached hydrogen (secondary N) is 2. The summed E-state index contributed by atoms with van der Waals surface area (Å²) in [6.07, 6.45) is 2.64. The fourth-order valence-electron chi connectivity index (χ4n) is 1.71. The summed E-state index contributed by atoms with van der Waals surface area (Å²) in [5, 5.41) is 5.50. The number of benzene rings is 1. The van der Waals surface area contributed by atoms with E-state index in [0.29, 0.717) is 5.82 Å². The van der Waals surface area contributed by atoms with Crippen molar-refractivity contribution in [3.63, 3.8) is 0 Å². The van der Waals surface area contributed by atoms with Crippen LogP contribution in [-0.2, 0) is 6.42 Å². The van der Waals surface area contributed by atoms with Crippen LogP contribution < -0.4 is 10.6 Å². The van der Waals surface area contributed by atoms with Gasteiger partial charge < -0.3 is 5.32 Å². The average molecular weight is 255 g/mol.